The van der Waals surface area contributed by atoms with E-state index in [0.717, 1.165) is 12.0 Å². The molecule has 0 aromatic rings. The van der Waals surface area contributed by atoms with Crippen LogP contribution in [-0.4, -0.2) is 12.6 Å². The van der Waals surface area contributed by atoms with Crippen LogP contribution < -0.4 is 5.32 Å². The Morgan fingerprint density at radius 1 is 0.789 bits per heavy atom. The zero-order chi connectivity index (χ0) is 13.8. The molecule has 0 spiro atoms. The zero-order valence-corrected chi connectivity index (χ0v) is 13.6. The molecule has 1 fully saturated rings. The van der Waals surface area contributed by atoms with Crippen molar-refractivity contribution >= 4 is 0 Å². The zero-order valence-electron chi connectivity index (χ0n) is 13.6. The van der Waals surface area contributed by atoms with Crippen LogP contribution in [0.3, 0.4) is 0 Å². The molecule has 1 saturated carbocycles. The fourth-order valence-electron chi connectivity index (χ4n) is 3.34. The fourth-order valence-corrected chi connectivity index (χ4v) is 3.34. The third-order valence-electron chi connectivity index (χ3n) is 4.80. The average Bonchev–Trinajstić information content (AvgIpc) is 2.62. The summed E-state index contributed by atoms with van der Waals surface area (Å²) in [5.74, 6) is 0.900. The Balaban J connectivity index is 1.89. The van der Waals surface area contributed by atoms with E-state index in [2.05, 4.69) is 19.2 Å². The van der Waals surface area contributed by atoms with Crippen molar-refractivity contribution in [2.45, 2.75) is 103 Å². The van der Waals surface area contributed by atoms with Gasteiger partial charge in [-0.25, -0.2) is 0 Å². The Kier molecular flexibility index (Phi) is 10.5. The molecule has 2 atom stereocenters. The third kappa shape index (κ3) is 8.68. The minimum atomic E-state index is 0.812. The minimum Gasteiger partial charge on any atom is -0.314 e. The number of hydrogen-bond acceptors (Lipinski definition) is 1. The molecular formula is C18H37N. The van der Waals surface area contributed by atoms with Crippen molar-refractivity contribution in [3.8, 4) is 0 Å². The summed E-state index contributed by atoms with van der Waals surface area (Å²) >= 11 is 0. The van der Waals surface area contributed by atoms with Crippen LogP contribution in [0, 0.1) is 5.92 Å². The third-order valence-corrected chi connectivity index (χ3v) is 4.80. The SMILES string of the molecule is CCCCCCCCCCNC1CCCCCC1C. The standard InChI is InChI=1S/C18H37N/c1-3-4-5-6-7-8-9-13-16-19-18-15-12-10-11-14-17(18)2/h17-19H,3-16H2,1-2H3. The lowest BCUT2D eigenvalue weighted by Crippen LogP contribution is -2.34. The number of unbranched alkanes of at least 4 members (excludes halogenated alkanes) is 7. The molecule has 1 heteroatoms. The van der Waals surface area contributed by atoms with Gasteiger partial charge in [0, 0.05) is 6.04 Å². The van der Waals surface area contributed by atoms with E-state index in [4.69, 9.17) is 0 Å². The van der Waals surface area contributed by atoms with Gasteiger partial charge in [0.05, 0.1) is 0 Å². The molecule has 1 N–H and O–H groups in total. The lowest BCUT2D eigenvalue weighted by Gasteiger charge is -2.22. The molecule has 1 aliphatic carbocycles. The van der Waals surface area contributed by atoms with E-state index in [-0.39, 0.29) is 0 Å². The molecule has 0 aliphatic heterocycles. The molecule has 19 heavy (non-hydrogen) atoms. The topological polar surface area (TPSA) is 12.0 Å². The molecule has 0 radical (unpaired) electrons. The highest BCUT2D eigenvalue weighted by Crippen LogP contribution is 2.22. The molecule has 0 heterocycles. The summed E-state index contributed by atoms with van der Waals surface area (Å²) in [6, 6.07) is 0.812. The van der Waals surface area contributed by atoms with Gasteiger partial charge in [-0.1, -0.05) is 78.1 Å². The summed E-state index contributed by atoms with van der Waals surface area (Å²) in [5.41, 5.74) is 0. The maximum absolute atomic E-state index is 3.82. The van der Waals surface area contributed by atoms with Gasteiger partial charge < -0.3 is 5.32 Å². The number of nitrogens with one attached hydrogen (secondary N) is 1. The molecule has 1 nitrogen and oxygen atoms in total. The van der Waals surface area contributed by atoms with Crippen molar-refractivity contribution in [3.05, 3.63) is 0 Å². The van der Waals surface area contributed by atoms with Crippen molar-refractivity contribution in [2.24, 2.45) is 5.92 Å². The van der Waals surface area contributed by atoms with Crippen LogP contribution >= 0.6 is 0 Å². The van der Waals surface area contributed by atoms with Crippen LogP contribution in [0.4, 0.5) is 0 Å². The molecular weight excluding hydrogens is 230 g/mol. The summed E-state index contributed by atoms with van der Waals surface area (Å²) in [6.07, 6.45) is 18.6. The quantitative estimate of drug-likeness (QED) is 0.396. The summed E-state index contributed by atoms with van der Waals surface area (Å²) in [6.45, 7) is 5.99. The highest BCUT2D eigenvalue weighted by atomic mass is 14.9. The second-order valence-electron chi connectivity index (χ2n) is 6.65. The van der Waals surface area contributed by atoms with E-state index in [1.165, 1.54) is 90.0 Å². The van der Waals surface area contributed by atoms with E-state index in [9.17, 15) is 0 Å². The highest BCUT2D eigenvalue weighted by Gasteiger charge is 2.18. The molecule has 2 unspecified atom stereocenters. The van der Waals surface area contributed by atoms with Crippen molar-refractivity contribution in [1.29, 1.82) is 0 Å². The second kappa shape index (κ2) is 11.8. The molecule has 0 bridgehead atoms. The van der Waals surface area contributed by atoms with Gasteiger partial charge in [0.1, 0.15) is 0 Å². The van der Waals surface area contributed by atoms with Gasteiger partial charge in [-0.15, -0.1) is 0 Å². The van der Waals surface area contributed by atoms with Crippen molar-refractivity contribution in [3.63, 3.8) is 0 Å². The maximum Gasteiger partial charge on any atom is 0.00926 e. The van der Waals surface area contributed by atoms with Gasteiger partial charge in [-0.05, 0) is 31.7 Å². The predicted molar refractivity (Wildman–Crippen MR) is 86.6 cm³/mol. The summed E-state index contributed by atoms with van der Waals surface area (Å²) in [5, 5.41) is 3.82. The molecule has 0 aromatic heterocycles. The Morgan fingerprint density at radius 3 is 2.16 bits per heavy atom. The Labute approximate surface area is 121 Å². The van der Waals surface area contributed by atoms with Crippen molar-refractivity contribution < 1.29 is 0 Å². The lowest BCUT2D eigenvalue weighted by atomic mass is 9.97. The average molecular weight is 268 g/mol. The first-order chi connectivity index (χ1) is 9.34. The van der Waals surface area contributed by atoms with Crippen LogP contribution in [-0.2, 0) is 0 Å². The van der Waals surface area contributed by atoms with Crippen LogP contribution in [0.25, 0.3) is 0 Å². The monoisotopic (exact) mass is 267 g/mol. The molecule has 1 rings (SSSR count). The Hall–Kier alpha value is -0.0400. The van der Waals surface area contributed by atoms with Crippen LogP contribution in [0.1, 0.15) is 97.3 Å². The van der Waals surface area contributed by atoms with Crippen molar-refractivity contribution in [1.82, 2.24) is 5.32 Å². The second-order valence-corrected chi connectivity index (χ2v) is 6.65. The van der Waals surface area contributed by atoms with E-state index < -0.39 is 0 Å². The molecule has 1 aliphatic rings. The first-order valence-corrected chi connectivity index (χ1v) is 9.08. The van der Waals surface area contributed by atoms with E-state index >= 15 is 0 Å². The van der Waals surface area contributed by atoms with Gasteiger partial charge in [0.2, 0.25) is 0 Å². The molecule has 114 valence electrons. The summed E-state index contributed by atoms with van der Waals surface area (Å²) in [7, 11) is 0. The summed E-state index contributed by atoms with van der Waals surface area (Å²) < 4.78 is 0. The first kappa shape index (κ1) is 17.0. The summed E-state index contributed by atoms with van der Waals surface area (Å²) in [4.78, 5) is 0. The van der Waals surface area contributed by atoms with Crippen LogP contribution in [0.5, 0.6) is 0 Å². The number of rotatable bonds is 10. The largest absolute Gasteiger partial charge is 0.314 e. The first-order valence-electron chi connectivity index (χ1n) is 9.08. The van der Waals surface area contributed by atoms with Gasteiger partial charge in [-0.3, -0.25) is 0 Å². The highest BCUT2D eigenvalue weighted by molar-refractivity contribution is 4.76. The predicted octanol–water partition coefficient (Wildman–Crippen LogP) is 5.69. The molecule has 0 aromatic carbocycles. The van der Waals surface area contributed by atoms with Crippen molar-refractivity contribution in [2.75, 3.05) is 6.54 Å². The van der Waals surface area contributed by atoms with E-state index in [1.54, 1.807) is 0 Å². The van der Waals surface area contributed by atoms with Gasteiger partial charge >= 0.3 is 0 Å². The lowest BCUT2D eigenvalue weighted by molar-refractivity contribution is 0.354. The normalized spacial score (nSPS) is 24.3. The Morgan fingerprint density at radius 2 is 1.42 bits per heavy atom. The molecule has 0 amide bonds. The molecule has 0 saturated heterocycles. The Bertz CT molecular complexity index is 190. The van der Waals surface area contributed by atoms with Gasteiger partial charge in [0.15, 0.2) is 0 Å². The van der Waals surface area contributed by atoms with Gasteiger partial charge in [0.25, 0.3) is 0 Å². The fraction of sp³-hybridized carbons (Fsp3) is 1.00. The van der Waals surface area contributed by atoms with Crippen LogP contribution in [0.15, 0.2) is 0 Å². The maximum atomic E-state index is 3.82. The van der Waals surface area contributed by atoms with E-state index in [0.29, 0.717) is 0 Å². The van der Waals surface area contributed by atoms with E-state index in [1.807, 2.05) is 0 Å². The van der Waals surface area contributed by atoms with Crippen LogP contribution in [0.2, 0.25) is 0 Å². The minimum absolute atomic E-state index is 0.812. The number of hydrogen-bond donors (Lipinski definition) is 1. The van der Waals surface area contributed by atoms with Gasteiger partial charge in [-0.2, -0.15) is 0 Å². The smallest absolute Gasteiger partial charge is 0.00926 e.